The normalized spacial score (nSPS) is 33.3. The fraction of sp³-hybridized carbons (Fsp3) is 0.520. The Balaban J connectivity index is 1.83. The second-order valence-corrected chi connectivity index (χ2v) is 11.1. The van der Waals surface area contributed by atoms with Gasteiger partial charge in [0.05, 0.1) is 16.5 Å². The number of Topliss-reactive ketones (excluding diaryl/α,β-unsaturated/α-hetero) is 2. The summed E-state index contributed by atoms with van der Waals surface area (Å²) in [6.45, 7) is 6.01. The molecule has 1 saturated heterocycles. The Morgan fingerprint density at radius 1 is 1.19 bits per heavy atom. The third kappa shape index (κ3) is 2.87. The van der Waals surface area contributed by atoms with Crippen molar-refractivity contribution in [2.24, 2.45) is 0 Å². The molecule has 5 nitrogen and oxygen atoms in total. The van der Waals surface area contributed by atoms with Crippen molar-refractivity contribution < 1.29 is 24.2 Å². The molecule has 4 aliphatic carbocycles. The van der Waals surface area contributed by atoms with Gasteiger partial charge < -0.3 is 14.6 Å². The van der Waals surface area contributed by atoms with E-state index < -0.39 is 33.0 Å². The lowest BCUT2D eigenvalue weighted by atomic mass is 9.63. The van der Waals surface area contributed by atoms with Crippen LogP contribution in [0.5, 0.6) is 11.5 Å². The number of alkyl halides is 2. The number of phenols is 1. The summed E-state index contributed by atoms with van der Waals surface area (Å²) < 4.78 is 12.3. The van der Waals surface area contributed by atoms with Crippen molar-refractivity contribution in [3.8, 4) is 11.5 Å². The Labute approximate surface area is 197 Å². The molecule has 0 aromatic heterocycles. The first-order chi connectivity index (χ1) is 15.0. The summed E-state index contributed by atoms with van der Waals surface area (Å²) in [5.74, 6) is -0.738. The van der Waals surface area contributed by atoms with Crippen LogP contribution in [0.2, 0.25) is 0 Å². The molecule has 7 aliphatic rings. The third-order valence-electron chi connectivity index (χ3n) is 7.38. The number of carbonyl (C=O) groups excluding carboxylic acids is 2. The minimum absolute atomic E-state index is 0.0471. The lowest BCUT2D eigenvalue weighted by molar-refractivity contribution is -0.157. The zero-order chi connectivity index (χ0) is 23.1. The minimum Gasteiger partial charge on any atom is -0.507 e. The van der Waals surface area contributed by atoms with E-state index in [0.717, 1.165) is 24.0 Å². The summed E-state index contributed by atoms with van der Waals surface area (Å²) in [4.78, 5) is 26.3. The molecule has 7 heteroatoms. The van der Waals surface area contributed by atoms with Crippen molar-refractivity contribution >= 4 is 34.8 Å². The van der Waals surface area contributed by atoms with Crippen LogP contribution in [0.25, 0.3) is 0 Å². The predicted octanol–water partition coefficient (Wildman–Crippen LogP) is 5.29. The zero-order valence-electron chi connectivity index (χ0n) is 18.4. The van der Waals surface area contributed by atoms with E-state index in [2.05, 4.69) is 6.08 Å². The minimum atomic E-state index is -1.72. The molecule has 1 spiro atoms. The number of benzene rings is 1. The molecular weight excluding hydrogens is 451 g/mol. The summed E-state index contributed by atoms with van der Waals surface area (Å²) in [5.41, 5.74) is 0.169. The highest BCUT2D eigenvalue weighted by molar-refractivity contribution is 6.45. The van der Waals surface area contributed by atoms with Gasteiger partial charge in [0, 0.05) is 24.0 Å². The van der Waals surface area contributed by atoms with E-state index in [0.29, 0.717) is 24.3 Å². The number of aromatic hydroxyl groups is 1. The number of rotatable bonds is 0. The summed E-state index contributed by atoms with van der Waals surface area (Å²) in [7, 11) is 0. The van der Waals surface area contributed by atoms with Gasteiger partial charge >= 0.3 is 0 Å². The van der Waals surface area contributed by atoms with E-state index in [1.165, 1.54) is 0 Å². The van der Waals surface area contributed by atoms with E-state index in [1.54, 1.807) is 6.07 Å². The van der Waals surface area contributed by atoms with Gasteiger partial charge in [-0.15, -0.1) is 23.2 Å². The highest BCUT2D eigenvalue weighted by Crippen LogP contribution is 2.57. The lowest BCUT2D eigenvalue weighted by Gasteiger charge is -2.56. The zero-order valence-corrected chi connectivity index (χ0v) is 19.9. The number of ketones is 2. The number of phenolic OH excluding ortho intramolecular Hbond substituents is 1. The van der Waals surface area contributed by atoms with E-state index >= 15 is 0 Å². The number of halogens is 2. The second-order valence-electron chi connectivity index (χ2n) is 9.91. The van der Waals surface area contributed by atoms with E-state index in [-0.39, 0.29) is 29.7 Å². The number of fused-ring (bicyclic) bond motifs is 1. The average Bonchev–Trinajstić information content (AvgIpc) is 2.73. The largest absolute Gasteiger partial charge is 0.507 e. The highest BCUT2D eigenvalue weighted by atomic mass is 35.5. The molecule has 1 aromatic rings. The van der Waals surface area contributed by atoms with Gasteiger partial charge in [0.2, 0.25) is 0 Å². The standard InChI is InChI=1S/C25H26Cl2O5/c1-13-5-4-6-14-9-15-17(31-12-14)10-16-19(20(15)28)22(30)24(27)11-18(26)23(2,3)32-25(24,8-7-13)21(16)29/h6-7,10,18,28H,4-5,8-9,11-12H2,1-3H3. The van der Waals surface area contributed by atoms with Gasteiger partial charge in [-0.1, -0.05) is 17.7 Å². The van der Waals surface area contributed by atoms with Crippen LogP contribution in [0.4, 0.5) is 0 Å². The molecule has 8 rings (SSSR count). The maximum atomic E-state index is 14.1. The highest BCUT2D eigenvalue weighted by Gasteiger charge is 2.70. The van der Waals surface area contributed by atoms with Crippen LogP contribution in [-0.2, 0) is 11.2 Å². The molecule has 3 unspecified atom stereocenters. The Hall–Kier alpha value is -1.82. The van der Waals surface area contributed by atoms with Gasteiger partial charge in [-0.25, -0.2) is 0 Å². The molecule has 3 aliphatic heterocycles. The van der Waals surface area contributed by atoms with Crippen molar-refractivity contribution in [1.29, 1.82) is 0 Å². The second kappa shape index (κ2) is 7.09. The monoisotopic (exact) mass is 476 g/mol. The van der Waals surface area contributed by atoms with E-state index in [9.17, 15) is 14.7 Å². The number of carbonyl (C=O) groups is 2. The van der Waals surface area contributed by atoms with E-state index in [1.807, 2.05) is 26.8 Å². The van der Waals surface area contributed by atoms with Gasteiger partial charge in [-0.3, -0.25) is 9.59 Å². The molecular formula is C25H26Cl2O5. The molecule has 3 heterocycles. The summed E-state index contributed by atoms with van der Waals surface area (Å²) in [6, 6.07) is 1.57. The van der Waals surface area contributed by atoms with Crippen LogP contribution < -0.4 is 4.74 Å². The number of ether oxygens (including phenoxy) is 2. The summed E-state index contributed by atoms with van der Waals surface area (Å²) in [6.07, 6.45) is 6.34. The molecule has 1 aromatic carbocycles. The first-order valence-corrected chi connectivity index (χ1v) is 11.8. The SMILES string of the molecule is CC1=CCC23OC(C)(C)C(Cl)CC2(Cl)C(=O)c2c(cc4c(c2O)CC(=CCC1)CO4)C3=O. The Kier molecular flexibility index (Phi) is 4.87. The maximum Gasteiger partial charge on any atom is 0.198 e. The molecule has 0 radical (unpaired) electrons. The van der Waals surface area contributed by atoms with Crippen LogP contribution in [-0.4, -0.2) is 44.7 Å². The fourth-order valence-corrected chi connectivity index (χ4v) is 6.17. The Bertz CT molecular complexity index is 1120. The molecule has 170 valence electrons. The maximum absolute atomic E-state index is 14.1. The van der Waals surface area contributed by atoms with Crippen LogP contribution in [0.1, 0.15) is 72.7 Å². The first kappa shape index (κ1) is 22.0. The van der Waals surface area contributed by atoms with Gasteiger partial charge in [0.1, 0.15) is 23.0 Å². The van der Waals surface area contributed by atoms with E-state index in [4.69, 9.17) is 32.7 Å². The quantitative estimate of drug-likeness (QED) is 0.406. The van der Waals surface area contributed by atoms with Gasteiger partial charge in [0.15, 0.2) is 17.2 Å². The van der Waals surface area contributed by atoms with Gasteiger partial charge in [0.25, 0.3) is 0 Å². The molecule has 6 bridgehead atoms. The first-order valence-electron chi connectivity index (χ1n) is 11.0. The van der Waals surface area contributed by atoms with Crippen molar-refractivity contribution in [2.45, 2.75) is 74.3 Å². The van der Waals surface area contributed by atoms with Crippen molar-refractivity contribution in [2.75, 3.05) is 6.61 Å². The molecule has 0 saturated carbocycles. The van der Waals surface area contributed by atoms with Crippen LogP contribution in [0.15, 0.2) is 29.4 Å². The Morgan fingerprint density at radius 2 is 1.94 bits per heavy atom. The van der Waals surface area contributed by atoms with Crippen molar-refractivity contribution in [3.63, 3.8) is 0 Å². The van der Waals surface area contributed by atoms with Crippen LogP contribution in [0, 0.1) is 0 Å². The van der Waals surface area contributed by atoms with Crippen LogP contribution >= 0.6 is 23.2 Å². The molecule has 1 N–H and O–H groups in total. The fourth-order valence-electron chi connectivity index (χ4n) is 5.36. The number of allylic oxidation sites excluding steroid dienone is 2. The number of hydrogen-bond acceptors (Lipinski definition) is 5. The van der Waals surface area contributed by atoms with Crippen molar-refractivity contribution in [1.82, 2.24) is 0 Å². The molecule has 3 atom stereocenters. The lowest BCUT2D eigenvalue weighted by Crippen LogP contribution is -2.72. The third-order valence-corrected chi connectivity index (χ3v) is 8.69. The van der Waals surface area contributed by atoms with Gasteiger partial charge in [-0.05, 0) is 51.7 Å². The average molecular weight is 477 g/mol. The summed E-state index contributed by atoms with van der Waals surface area (Å²) in [5, 5.41) is 10.6. The van der Waals surface area contributed by atoms with Gasteiger partial charge in [-0.2, -0.15) is 0 Å². The van der Waals surface area contributed by atoms with Crippen LogP contribution in [0.3, 0.4) is 0 Å². The molecule has 32 heavy (non-hydrogen) atoms. The summed E-state index contributed by atoms with van der Waals surface area (Å²) >= 11 is 13.7. The Morgan fingerprint density at radius 3 is 2.69 bits per heavy atom. The smallest absolute Gasteiger partial charge is 0.198 e. The topological polar surface area (TPSA) is 72.8 Å². The van der Waals surface area contributed by atoms with Crippen molar-refractivity contribution in [3.05, 3.63) is 46.1 Å². The molecule has 0 amide bonds. The number of hydrogen-bond donors (Lipinski definition) is 1. The predicted molar refractivity (Wildman–Crippen MR) is 122 cm³/mol. The molecule has 1 fully saturated rings.